The van der Waals surface area contributed by atoms with Crippen molar-refractivity contribution in [2.24, 2.45) is 5.73 Å². The maximum Gasteiger partial charge on any atom is 0.417 e. The Kier molecular flexibility index (Phi) is 5.88. The molecule has 3 aromatic heterocycles. The molecule has 0 saturated heterocycles. The molecule has 0 aliphatic rings. The highest BCUT2D eigenvalue weighted by molar-refractivity contribution is 5.95. The lowest BCUT2D eigenvalue weighted by molar-refractivity contribution is -0.137. The molecule has 0 aliphatic heterocycles. The van der Waals surface area contributed by atoms with Crippen molar-refractivity contribution in [3.63, 3.8) is 0 Å². The van der Waals surface area contributed by atoms with Gasteiger partial charge in [0.25, 0.3) is 5.91 Å². The van der Waals surface area contributed by atoms with Crippen molar-refractivity contribution < 1.29 is 31.9 Å². The first-order chi connectivity index (χ1) is 16.1. The molecular weight excluding hydrogens is 458 g/mol. The topological polar surface area (TPSA) is 112 Å². The zero-order valence-electron chi connectivity index (χ0n) is 17.1. The number of pyridine rings is 2. The quantitative estimate of drug-likeness (QED) is 0.412. The lowest BCUT2D eigenvalue weighted by Gasteiger charge is -2.09. The molecule has 34 heavy (non-hydrogen) atoms. The molecular formula is C22H15F4N5O3. The zero-order valence-corrected chi connectivity index (χ0v) is 17.1. The average Bonchev–Trinajstić information content (AvgIpc) is 3.16. The Morgan fingerprint density at radius 3 is 2.62 bits per heavy atom. The van der Waals surface area contributed by atoms with E-state index in [2.05, 4.69) is 15.3 Å². The van der Waals surface area contributed by atoms with Gasteiger partial charge in [0, 0.05) is 12.4 Å². The van der Waals surface area contributed by atoms with Crippen LogP contribution in [0.2, 0.25) is 0 Å². The van der Waals surface area contributed by atoms with Crippen molar-refractivity contribution in [3.8, 4) is 11.6 Å². The second kappa shape index (κ2) is 8.81. The highest BCUT2D eigenvalue weighted by Crippen LogP contribution is 2.30. The van der Waals surface area contributed by atoms with Gasteiger partial charge in [0.15, 0.2) is 17.4 Å². The second-order valence-corrected chi connectivity index (χ2v) is 7.12. The fraction of sp³-hybridized carbons (Fsp3) is 0.0909. The molecule has 1 aromatic carbocycles. The summed E-state index contributed by atoms with van der Waals surface area (Å²) >= 11 is 0. The number of fused-ring (bicyclic) bond motifs is 1. The van der Waals surface area contributed by atoms with Crippen LogP contribution in [-0.2, 0) is 17.4 Å². The standard InChI is InChI=1S/C22H15F4N5O3/c23-15-8-12(3-5-16(15)34-21-14(20(27)33)2-1-7-28-21)9-19(32)30-17-11-31-10-13(22(24,25)26)4-6-18(31)29-17/h1-8,10-11H,9H2,(H2,27,33)(H,30,32). The number of amides is 2. The summed E-state index contributed by atoms with van der Waals surface area (Å²) < 4.78 is 59.5. The van der Waals surface area contributed by atoms with E-state index in [-0.39, 0.29) is 35.1 Å². The number of halogens is 4. The number of primary amides is 1. The van der Waals surface area contributed by atoms with E-state index in [4.69, 9.17) is 10.5 Å². The van der Waals surface area contributed by atoms with Crippen molar-refractivity contribution in [2.45, 2.75) is 12.6 Å². The second-order valence-electron chi connectivity index (χ2n) is 7.12. The smallest absolute Gasteiger partial charge is 0.417 e. The largest absolute Gasteiger partial charge is 0.435 e. The summed E-state index contributed by atoms with van der Waals surface area (Å²) in [7, 11) is 0. The first-order valence-electron chi connectivity index (χ1n) is 9.67. The van der Waals surface area contributed by atoms with Crippen molar-refractivity contribution in [2.75, 3.05) is 5.32 Å². The molecule has 0 radical (unpaired) electrons. The summed E-state index contributed by atoms with van der Waals surface area (Å²) in [5, 5.41) is 2.46. The molecule has 8 nitrogen and oxygen atoms in total. The summed E-state index contributed by atoms with van der Waals surface area (Å²) in [6, 6.07) is 8.69. The van der Waals surface area contributed by atoms with Gasteiger partial charge in [0.2, 0.25) is 11.8 Å². The Balaban J connectivity index is 1.45. The lowest BCUT2D eigenvalue weighted by atomic mass is 10.1. The van der Waals surface area contributed by atoms with Crippen LogP contribution in [0.1, 0.15) is 21.5 Å². The van der Waals surface area contributed by atoms with Crippen molar-refractivity contribution in [1.29, 1.82) is 0 Å². The van der Waals surface area contributed by atoms with Gasteiger partial charge in [0.05, 0.1) is 18.2 Å². The predicted molar refractivity (Wildman–Crippen MR) is 112 cm³/mol. The number of hydrogen-bond acceptors (Lipinski definition) is 5. The van der Waals surface area contributed by atoms with Crippen LogP contribution in [-0.4, -0.2) is 26.2 Å². The molecule has 3 heterocycles. The first-order valence-corrected chi connectivity index (χ1v) is 9.67. The molecule has 0 unspecified atom stereocenters. The number of ether oxygens (including phenoxy) is 1. The average molecular weight is 473 g/mol. The number of nitrogens with zero attached hydrogens (tertiary/aromatic N) is 3. The van der Waals surface area contributed by atoms with E-state index in [1.807, 2.05) is 0 Å². The summed E-state index contributed by atoms with van der Waals surface area (Å²) in [6.07, 6.45) is -1.31. The fourth-order valence-corrected chi connectivity index (χ4v) is 3.09. The minimum Gasteiger partial charge on any atom is -0.435 e. The van der Waals surface area contributed by atoms with Crippen LogP contribution in [0.5, 0.6) is 11.6 Å². The molecule has 3 N–H and O–H groups in total. The van der Waals surface area contributed by atoms with Gasteiger partial charge < -0.3 is 20.2 Å². The third-order valence-electron chi connectivity index (χ3n) is 4.65. The van der Waals surface area contributed by atoms with Crippen LogP contribution in [0.25, 0.3) is 5.65 Å². The van der Waals surface area contributed by atoms with Gasteiger partial charge in [-0.25, -0.2) is 14.4 Å². The number of aromatic nitrogens is 3. The molecule has 4 aromatic rings. The molecule has 0 aliphatic carbocycles. The summed E-state index contributed by atoms with van der Waals surface area (Å²) in [5.41, 5.74) is 4.86. The first kappa shape index (κ1) is 22.7. The van der Waals surface area contributed by atoms with E-state index in [9.17, 15) is 27.2 Å². The number of carbonyl (C=O) groups excluding carboxylic acids is 2. The Morgan fingerprint density at radius 1 is 1.12 bits per heavy atom. The molecule has 0 saturated carbocycles. The number of carbonyl (C=O) groups is 2. The highest BCUT2D eigenvalue weighted by Gasteiger charge is 2.30. The fourth-order valence-electron chi connectivity index (χ4n) is 3.09. The van der Waals surface area contributed by atoms with Crippen LogP contribution < -0.4 is 15.8 Å². The highest BCUT2D eigenvalue weighted by atomic mass is 19.4. The third-order valence-corrected chi connectivity index (χ3v) is 4.65. The maximum atomic E-state index is 14.5. The van der Waals surface area contributed by atoms with Gasteiger partial charge >= 0.3 is 6.18 Å². The number of benzene rings is 1. The number of nitrogens with two attached hydrogens (primary N) is 1. The lowest BCUT2D eigenvalue weighted by Crippen LogP contribution is -2.15. The van der Waals surface area contributed by atoms with Crippen molar-refractivity contribution in [1.82, 2.24) is 14.4 Å². The zero-order chi connectivity index (χ0) is 24.5. The van der Waals surface area contributed by atoms with E-state index in [0.717, 1.165) is 22.7 Å². The van der Waals surface area contributed by atoms with E-state index >= 15 is 0 Å². The molecule has 12 heteroatoms. The van der Waals surface area contributed by atoms with Gasteiger partial charge in [0.1, 0.15) is 11.2 Å². The summed E-state index contributed by atoms with van der Waals surface area (Å²) in [4.78, 5) is 31.7. The molecule has 2 amide bonds. The Labute approximate surface area is 189 Å². The number of imidazole rings is 1. The number of anilines is 1. The molecule has 0 fully saturated rings. The summed E-state index contributed by atoms with van der Waals surface area (Å²) in [6.45, 7) is 0. The van der Waals surface area contributed by atoms with E-state index < -0.39 is 29.4 Å². The third kappa shape index (κ3) is 4.95. The van der Waals surface area contributed by atoms with Crippen molar-refractivity contribution in [3.05, 3.63) is 83.6 Å². The normalized spacial score (nSPS) is 11.4. The molecule has 174 valence electrons. The number of hydrogen-bond donors (Lipinski definition) is 2. The van der Waals surface area contributed by atoms with Crippen molar-refractivity contribution >= 4 is 23.3 Å². The van der Waals surface area contributed by atoms with E-state index in [1.165, 1.54) is 42.7 Å². The van der Waals surface area contributed by atoms with Crippen LogP contribution >= 0.6 is 0 Å². The maximum absolute atomic E-state index is 14.5. The van der Waals surface area contributed by atoms with E-state index in [0.29, 0.717) is 5.56 Å². The molecule has 4 rings (SSSR count). The number of nitrogens with one attached hydrogen (secondary N) is 1. The van der Waals surface area contributed by atoms with Gasteiger partial charge in [-0.15, -0.1) is 0 Å². The number of rotatable bonds is 6. The van der Waals surface area contributed by atoms with E-state index in [1.54, 1.807) is 0 Å². The molecule has 0 atom stereocenters. The van der Waals surface area contributed by atoms with Gasteiger partial charge in [-0.1, -0.05) is 6.07 Å². The summed E-state index contributed by atoms with van der Waals surface area (Å²) in [5.74, 6) is -2.52. The Hall–Kier alpha value is -4.48. The van der Waals surface area contributed by atoms with Crippen LogP contribution in [0, 0.1) is 5.82 Å². The SMILES string of the molecule is NC(=O)c1cccnc1Oc1ccc(CC(=O)Nc2cn3cc(C(F)(F)F)ccc3n2)cc1F. The minimum absolute atomic E-state index is 0.0276. The van der Waals surface area contributed by atoms with Gasteiger partial charge in [-0.05, 0) is 42.0 Å². The monoisotopic (exact) mass is 473 g/mol. The Bertz CT molecular complexity index is 1400. The minimum atomic E-state index is -4.51. The van der Waals surface area contributed by atoms with Gasteiger partial charge in [-0.2, -0.15) is 13.2 Å². The van der Waals surface area contributed by atoms with Crippen LogP contribution in [0.15, 0.2) is 61.1 Å². The Morgan fingerprint density at radius 2 is 1.91 bits per heavy atom. The molecule has 0 spiro atoms. The predicted octanol–water partition coefficient (Wildman–Crippen LogP) is 3.96. The van der Waals surface area contributed by atoms with Crippen LogP contribution in [0.3, 0.4) is 0 Å². The van der Waals surface area contributed by atoms with Crippen LogP contribution in [0.4, 0.5) is 23.4 Å². The molecule has 0 bridgehead atoms. The van der Waals surface area contributed by atoms with Gasteiger partial charge in [-0.3, -0.25) is 9.59 Å². The number of alkyl halides is 3.